The first kappa shape index (κ1) is 15.7. The summed E-state index contributed by atoms with van der Waals surface area (Å²) in [6.45, 7) is 3.63. The van der Waals surface area contributed by atoms with Gasteiger partial charge in [0.05, 0.1) is 18.3 Å². The fraction of sp³-hybridized carbons (Fsp3) is 0.176. The minimum atomic E-state index is -1.06. The number of aromatic amines is 1. The van der Waals surface area contributed by atoms with Crippen molar-refractivity contribution in [3.05, 3.63) is 63.2 Å². The molecule has 3 rings (SSSR count). The quantitative estimate of drug-likeness (QED) is 0.762. The van der Waals surface area contributed by atoms with Gasteiger partial charge in [-0.3, -0.25) is 9.59 Å². The predicted octanol–water partition coefficient (Wildman–Crippen LogP) is 1.83. The first-order valence-electron chi connectivity index (χ1n) is 7.37. The zero-order chi connectivity index (χ0) is 17.3. The van der Waals surface area contributed by atoms with Crippen LogP contribution in [0, 0.1) is 13.8 Å². The number of aryl methyl sites for hydroxylation is 2. The number of fused-ring (bicyclic) bond motifs is 1. The van der Waals surface area contributed by atoms with E-state index in [-0.39, 0.29) is 12.0 Å². The third-order valence-corrected chi connectivity index (χ3v) is 3.68. The predicted molar refractivity (Wildman–Crippen MR) is 89.8 cm³/mol. The molecule has 0 fully saturated rings. The number of aromatic nitrogens is 4. The lowest BCUT2D eigenvalue weighted by molar-refractivity contribution is -0.136. The van der Waals surface area contributed by atoms with Crippen LogP contribution in [-0.2, 0) is 11.2 Å². The van der Waals surface area contributed by atoms with Gasteiger partial charge in [0.2, 0.25) is 0 Å². The Bertz CT molecular complexity index is 1010. The number of rotatable bonds is 4. The number of imidazole rings is 1. The van der Waals surface area contributed by atoms with Gasteiger partial charge in [-0.2, -0.15) is 0 Å². The average molecular weight is 324 g/mol. The molecule has 0 aromatic carbocycles. The van der Waals surface area contributed by atoms with Gasteiger partial charge in [-0.15, -0.1) is 0 Å². The van der Waals surface area contributed by atoms with Crippen LogP contribution in [0.3, 0.4) is 0 Å². The topological polar surface area (TPSA) is 100 Å². The summed E-state index contributed by atoms with van der Waals surface area (Å²) >= 11 is 0. The van der Waals surface area contributed by atoms with Crippen molar-refractivity contribution < 1.29 is 9.90 Å². The number of carboxylic acids is 1. The van der Waals surface area contributed by atoms with Gasteiger partial charge in [-0.1, -0.05) is 0 Å². The normalized spacial score (nSPS) is 11.4. The lowest BCUT2D eigenvalue weighted by Gasteiger charge is -2.03. The Labute approximate surface area is 137 Å². The summed E-state index contributed by atoms with van der Waals surface area (Å²) in [6.07, 6.45) is 6.78. The Kier molecular flexibility index (Phi) is 3.99. The number of nitrogens with zero attached hydrogens (tertiary/aromatic N) is 3. The molecule has 3 heterocycles. The highest BCUT2D eigenvalue weighted by molar-refractivity contribution is 5.70. The first-order valence-corrected chi connectivity index (χ1v) is 7.37. The second-order valence-electron chi connectivity index (χ2n) is 5.53. The van der Waals surface area contributed by atoms with Crippen LogP contribution in [0.25, 0.3) is 17.8 Å². The minimum Gasteiger partial charge on any atom is -0.481 e. The van der Waals surface area contributed by atoms with E-state index in [1.54, 1.807) is 25.3 Å². The summed E-state index contributed by atoms with van der Waals surface area (Å²) in [5.41, 5.74) is 2.96. The second kappa shape index (κ2) is 6.11. The highest BCUT2D eigenvalue weighted by atomic mass is 16.4. The molecule has 0 atom stereocenters. The summed E-state index contributed by atoms with van der Waals surface area (Å²) in [4.78, 5) is 33.9. The van der Waals surface area contributed by atoms with Crippen LogP contribution in [0.2, 0.25) is 0 Å². The molecular weight excluding hydrogens is 308 g/mol. The summed E-state index contributed by atoms with van der Waals surface area (Å²) in [7, 11) is 0. The average Bonchev–Trinajstić information content (AvgIpc) is 2.90. The van der Waals surface area contributed by atoms with Gasteiger partial charge in [-0.25, -0.2) is 9.97 Å². The first-order chi connectivity index (χ1) is 11.4. The number of hydrogen-bond donors (Lipinski definition) is 2. The highest BCUT2D eigenvalue weighted by Gasteiger charge is 2.11. The van der Waals surface area contributed by atoms with E-state index in [4.69, 9.17) is 5.11 Å². The van der Waals surface area contributed by atoms with E-state index in [0.717, 1.165) is 16.9 Å². The van der Waals surface area contributed by atoms with Crippen LogP contribution >= 0.6 is 0 Å². The maximum atomic E-state index is 12.0. The molecule has 0 unspecified atom stereocenters. The van der Waals surface area contributed by atoms with Crippen LogP contribution in [0.15, 0.2) is 29.3 Å². The van der Waals surface area contributed by atoms with Crippen molar-refractivity contribution in [2.45, 2.75) is 20.3 Å². The molecule has 3 aromatic heterocycles. The number of carboxylic acid groups (broad SMARTS) is 1. The van der Waals surface area contributed by atoms with Crippen LogP contribution in [0.4, 0.5) is 0 Å². The highest BCUT2D eigenvalue weighted by Crippen LogP contribution is 2.11. The number of hydrogen-bond acceptors (Lipinski definition) is 4. The van der Waals surface area contributed by atoms with E-state index in [2.05, 4.69) is 15.0 Å². The Hall–Kier alpha value is -3.22. The molecule has 2 N–H and O–H groups in total. The fourth-order valence-corrected chi connectivity index (χ4v) is 2.46. The van der Waals surface area contributed by atoms with Gasteiger partial charge in [0.25, 0.3) is 5.56 Å². The molecule has 0 saturated carbocycles. The van der Waals surface area contributed by atoms with Crippen molar-refractivity contribution in [2.75, 3.05) is 0 Å². The van der Waals surface area contributed by atoms with Gasteiger partial charge in [0.15, 0.2) is 0 Å². The van der Waals surface area contributed by atoms with Gasteiger partial charge >= 0.3 is 5.97 Å². The number of pyridine rings is 1. The standard InChI is InChI=1S/C17H16N4O3/c1-10-5-6-21-12(9-18-15(21)7-10)3-4-14-19-11(2)13(8-16(22)23)17(24)20-14/h3-7,9H,8H2,1-2H3,(H,22,23)(H,19,20,24)/b4-3+. The van der Waals surface area contributed by atoms with E-state index in [1.807, 2.05) is 29.7 Å². The zero-order valence-corrected chi connectivity index (χ0v) is 13.3. The number of aliphatic carboxylic acids is 1. The smallest absolute Gasteiger partial charge is 0.308 e. The maximum absolute atomic E-state index is 12.0. The van der Waals surface area contributed by atoms with Crippen molar-refractivity contribution in [2.24, 2.45) is 0 Å². The van der Waals surface area contributed by atoms with Gasteiger partial charge in [0, 0.05) is 17.5 Å². The molecule has 3 aromatic rings. The molecule has 0 amide bonds. The molecule has 0 bridgehead atoms. The molecule has 0 saturated heterocycles. The molecule has 0 radical (unpaired) electrons. The van der Waals surface area contributed by atoms with E-state index >= 15 is 0 Å². The molecule has 0 aliphatic carbocycles. The molecule has 24 heavy (non-hydrogen) atoms. The van der Waals surface area contributed by atoms with Crippen molar-refractivity contribution in [1.29, 1.82) is 0 Å². The number of H-pyrrole nitrogens is 1. The second-order valence-corrected chi connectivity index (χ2v) is 5.53. The van der Waals surface area contributed by atoms with Crippen molar-refractivity contribution in [3.63, 3.8) is 0 Å². The SMILES string of the molecule is Cc1ccn2c(/C=C/c3nc(C)c(CC(=O)O)c(=O)[nH]3)cnc2c1. The lowest BCUT2D eigenvalue weighted by Crippen LogP contribution is -2.20. The third kappa shape index (κ3) is 3.10. The van der Waals surface area contributed by atoms with Crippen molar-refractivity contribution in [1.82, 2.24) is 19.4 Å². The van der Waals surface area contributed by atoms with Crippen LogP contribution < -0.4 is 5.56 Å². The Morgan fingerprint density at radius 3 is 2.88 bits per heavy atom. The summed E-state index contributed by atoms with van der Waals surface area (Å²) < 4.78 is 1.92. The van der Waals surface area contributed by atoms with Crippen LogP contribution in [0.1, 0.15) is 28.3 Å². The van der Waals surface area contributed by atoms with E-state index < -0.39 is 11.5 Å². The molecule has 7 heteroatoms. The zero-order valence-electron chi connectivity index (χ0n) is 13.3. The summed E-state index contributed by atoms with van der Waals surface area (Å²) in [5.74, 6) is -0.691. The molecule has 7 nitrogen and oxygen atoms in total. The Morgan fingerprint density at radius 1 is 1.38 bits per heavy atom. The van der Waals surface area contributed by atoms with E-state index in [1.165, 1.54) is 0 Å². The molecular formula is C17H16N4O3. The van der Waals surface area contributed by atoms with Crippen molar-refractivity contribution in [3.8, 4) is 0 Å². The summed E-state index contributed by atoms with van der Waals surface area (Å²) in [6, 6.07) is 3.96. The molecule has 0 spiro atoms. The van der Waals surface area contributed by atoms with E-state index in [9.17, 15) is 9.59 Å². The van der Waals surface area contributed by atoms with E-state index in [0.29, 0.717) is 11.5 Å². The fourth-order valence-electron chi connectivity index (χ4n) is 2.46. The maximum Gasteiger partial charge on any atom is 0.308 e. The minimum absolute atomic E-state index is 0.171. The van der Waals surface area contributed by atoms with Gasteiger partial charge in [0.1, 0.15) is 11.5 Å². The molecule has 0 aliphatic heterocycles. The van der Waals surface area contributed by atoms with Crippen molar-refractivity contribution >= 4 is 23.8 Å². The number of nitrogens with one attached hydrogen (secondary N) is 1. The van der Waals surface area contributed by atoms with Gasteiger partial charge < -0.3 is 14.5 Å². The van der Waals surface area contributed by atoms with Gasteiger partial charge in [-0.05, 0) is 43.7 Å². The lowest BCUT2D eigenvalue weighted by atomic mass is 10.2. The van der Waals surface area contributed by atoms with Crippen LogP contribution in [0.5, 0.6) is 0 Å². The molecule has 0 aliphatic rings. The summed E-state index contributed by atoms with van der Waals surface area (Å²) in [5, 5.41) is 8.83. The Balaban J connectivity index is 1.94. The number of carbonyl (C=O) groups is 1. The molecule has 122 valence electrons. The largest absolute Gasteiger partial charge is 0.481 e. The third-order valence-electron chi connectivity index (χ3n) is 3.68. The monoisotopic (exact) mass is 324 g/mol. The Morgan fingerprint density at radius 2 is 2.17 bits per heavy atom. The van der Waals surface area contributed by atoms with Crippen LogP contribution in [-0.4, -0.2) is 30.4 Å².